The summed E-state index contributed by atoms with van der Waals surface area (Å²) in [4.78, 5) is 29.0. The molecule has 0 aliphatic heterocycles. The third-order valence-electron chi connectivity index (χ3n) is 10.7. The number of halogens is 2. The fraction of sp³-hybridized carbons (Fsp3) is 0.0385. The Kier molecular flexibility index (Phi) is 9.63. The maximum Gasteiger partial charge on any atom is 0.164 e. The smallest absolute Gasteiger partial charge is 0.164 e. The zero-order valence-electron chi connectivity index (χ0n) is 32.1. The Morgan fingerprint density at radius 1 is 0.400 bits per heavy atom. The molecule has 0 radical (unpaired) electrons. The topological polar surface area (TPSA) is 77.3 Å². The molecular weight excluding hydrogens is 747 g/mol. The third kappa shape index (κ3) is 7.50. The first kappa shape index (κ1) is 36.5. The summed E-state index contributed by atoms with van der Waals surface area (Å²) in [7, 11) is 0. The SMILES string of the molecule is Fc1ccc(-c2nc(-c3ccccc3)nc(-c3ccc(-c4cccc5ccc(C6=CCC(c7nc(-c8ccccc8)nc(-c8ccc(F)cc8)n7)C=C6)cc45)cc3)n2)cc1. The van der Waals surface area contributed by atoms with Crippen LogP contribution in [0.2, 0.25) is 0 Å². The first-order valence-corrected chi connectivity index (χ1v) is 19.7. The predicted octanol–water partition coefficient (Wildman–Crippen LogP) is 12.6. The Hall–Kier alpha value is -7.84. The molecule has 7 aromatic carbocycles. The lowest BCUT2D eigenvalue weighted by atomic mass is 9.90. The maximum atomic E-state index is 13.8. The van der Waals surface area contributed by atoms with Crippen LogP contribution < -0.4 is 0 Å². The predicted molar refractivity (Wildman–Crippen MR) is 234 cm³/mol. The summed E-state index contributed by atoms with van der Waals surface area (Å²) >= 11 is 0. The number of hydrogen-bond acceptors (Lipinski definition) is 6. The molecule has 0 N–H and O–H groups in total. The van der Waals surface area contributed by atoms with Gasteiger partial charge in [0.05, 0.1) is 0 Å². The van der Waals surface area contributed by atoms with E-state index in [4.69, 9.17) is 29.9 Å². The van der Waals surface area contributed by atoms with E-state index in [2.05, 4.69) is 66.8 Å². The number of hydrogen-bond donors (Lipinski definition) is 0. The third-order valence-corrected chi connectivity index (χ3v) is 10.7. The Balaban J connectivity index is 0.945. The molecule has 6 nitrogen and oxygen atoms in total. The lowest BCUT2D eigenvalue weighted by molar-refractivity contribution is 0.627. The molecule has 2 aromatic heterocycles. The van der Waals surface area contributed by atoms with Gasteiger partial charge >= 0.3 is 0 Å². The van der Waals surface area contributed by atoms with E-state index < -0.39 is 0 Å². The average molecular weight is 781 g/mol. The molecule has 60 heavy (non-hydrogen) atoms. The molecule has 2 heterocycles. The molecule has 0 fully saturated rings. The highest BCUT2D eigenvalue weighted by atomic mass is 19.1. The van der Waals surface area contributed by atoms with Crippen LogP contribution in [-0.2, 0) is 0 Å². The van der Waals surface area contributed by atoms with E-state index in [0.717, 1.165) is 55.3 Å². The molecule has 0 saturated carbocycles. The van der Waals surface area contributed by atoms with Crippen molar-refractivity contribution in [1.82, 2.24) is 29.9 Å². The van der Waals surface area contributed by atoms with Gasteiger partial charge in [0.1, 0.15) is 17.5 Å². The minimum Gasteiger partial charge on any atom is -0.212 e. The van der Waals surface area contributed by atoms with Crippen LogP contribution in [-0.4, -0.2) is 29.9 Å². The molecular formula is C52H34F2N6. The van der Waals surface area contributed by atoms with Gasteiger partial charge in [-0.2, -0.15) is 0 Å². The van der Waals surface area contributed by atoms with E-state index in [1.54, 1.807) is 24.3 Å². The first-order chi connectivity index (χ1) is 29.5. The standard InChI is InChI=1S/C52H34F2N6/c53-43-28-24-40(25-29-43)51-57-47(36-8-3-1-4-9-36)55-49(59-51)38-19-14-33(15-20-38)42-23-18-34-12-7-13-45(46(34)32-42)35-16-21-39(22-17-35)50-56-48(37-10-5-2-6-11-37)58-52(60-50)41-26-30-44(54)31-27-41/h1-19,21-32,38H,20H2. The van der Waals surface area contributed by atoms with E-state index in [9.17, 15) is 8.78 Å². The lowest BCUT2D eigenvalue weighted by Gasteiger charge is -2.17. The number of fused-ring (bicyclic) bond motifs is 1. The van der Waals surface area contributed by atoms with Crippen LogP contribution in [0.25, 0.3) is 84.4 Å². The van der Waals surface area contributed by atoms with Crippen molar-refractivity contribution >= 4 is 16.3 Å². The number of nitrogens with zero attached hydrogens (tertiary/aromatic N) is 6. The highest BCUT2D eigenvalue weighted by Gasteiger charge is 2.20. The van der Waals surface area contributed by atoms with Crippen LogP contribution in [0.3, 0.4) is 0 Å². The summed E-state index contributed by atoms with van der Waals surface area (Å²) in [5.41, 5.74) is 8.44. The highest BCUT2D eigenvalue weighted by molar-refractivity contribution is 5.99. The summed E-state index contributed by atoms with van der Waals surface area (Å²) in [5.74, 6) is 2.62. The quantitative estimate of drug-likeness (QED) is 0.153. The molecule has 1 aliphatic carbocycles. The zero-order valence-corrected chi connectivity index (χ0v) is 32.1. The first-order valence-electron chi connectivity index (χ1n) is 19.7. The van der Waals surface area contributed by atoms with Crippen LogP contribution in [0.15, 0.2) is 188 Å². The van der Waals surface area contributed by atoms with Crippen LogP contribution in [0.5, 0.6) is 0 Å². The molecule has 0 bridgehead atoms. The van der Waals surface area contributed by atoms with Gasteiger partial charge in [-0.05, 0) is 94.1 Å². The van der Waals surface area contributed by atoms with Crippen molar-refractivity contribution in [2.45, 2.75) is 12.3 Å². The number of benzene rings is 7. The average Bonchev–Trinajstić information content (AvgIpc) is 3.32. The molecule has 0 amide bonds. The van der Waals surface area contributed by atoms with Gasteiger partial charge in [0, 0.05) is 33.7 Å². The van der Waals surface area contributed by atoms with E-state index in [1.165, 1.54) is 24.3 Å². The molecule has 1 aliphatic rings. The van der Waals surface area contributed by atoms with Crippen LogP contribution in [0, 0.1) is 11.6 Å². The van der Waals surface area contributed by atoms with Crippen LogP contribution in [0.1, 0.15) is 23.7 Å². The Labute approximate surface area is 345 Å². The minimum atomic E-state index is -0.319. The van der Waals surface area contributed by atoms with Crippen molar-refractivity contribution in [3.8, 4) is 68.1 Å². The van der Waals surface area contributed by atoms with Crippen molar-refractivity contribution in [3.05, 3.63) is 211 Å². The van der Waals surface area contributed by atoms with E-state index in [-0.39, 0.29) is 17.6 Å². The second kappa shape index (κ2) is 15.8. The molecule has 1 unspecified atom stereocenters. The van der Waals surface area contributed by atoms with Crippen molar-refractivity contribution < 1.29 is 8.78 Å². The lowest BCUT2D eigenvalue weighted by Crippen LogP contribution is -2.08. The van der Waals surface area contributed by atoms with E-state index >= 15 is 0 Å². The van der Waals surface area contributed by atoms with Gasteiger partial charge in [0.2, 0.25) is 0 Å². The van der Waals surface area contributed by atoms with Crippen molar-refractivity contribution in [2.75, 3.05) is 0 Å². The van der Waals surface area contributed by atoms with Crippen molar-refractivity contribution in [1.29, 1.82) is 0 Å². The van der Waals surface area contributed by atoms with Gasteiger partial charge in [-0.1, -0.05) is 133 Å². The normalized spacial score (nSPS) is 13.6. The summed E-state index contributed by atoms with van der Waals surface area (Å²) in [6.45, 7) is 0. The molecule has 0 spiro atoms. The molecule has 10 rings (SSSR count). The molecule has 9 aromatic rings. The molecule has 1 atom stereocenters. The van der Waals surface area contributed by atoms with Gasteiger partial charge in [0.15, 0.2) is 29.1 Å². The zero-order chi connectivity index (χ0) is 40.4. The van der Waals surface area contributed by atoms with Crippen LogP contribution >= 0.6 is 0 Å². The largest absolute Gasteiger partial charge is 0.212 e. The number of aromatic nitrogens is 6. The summed E-state index contributed by atoms with van der Waals surface area (Å²) in [5, 5.41) is 2.28. The fourth-order valence-corrected chi connectivity index (χ4v) is 7.48. The van der Waals surface area contributed by atoms with E-state index in [1.807, 2.05) is 72.8 Å². The number of allylic oxidation sites excluding steroid dienone is 4. The second-order valence-electron chi connectivity index (χ2n) is 14.6. The fourth-order valence-electron chi connectivity index (χ4n) is 7.48. The van der Waals surface area contributed by atoms with Gasteiger partial charge < -0.3 is 0 Å². The Bertz CT molecular complexity index is 3060. The summed E-state index contributed by atoms with van der Waals surface area (Å²) < 4.78 is 27.6. The van der Waals surface area contributed by atoms with Gasteiger partial charge in [-0.3, -0.25) is 0 Å². The van der Waals surface area contributed by atoms with Crippen molar-refractivity contribution in [2.24, 2.45) is 0 Å². The molecule has 8 heteroatoms. The Morgan fingerprint density at radius 2 is 0.850 bits per heavy atom. The monoisotopic (exact) mass is 780 g/mol. The van der Waals surface area contributed by atoms with Gasteiger partial charge in [0.25, 0.3) is 0 Å². The maximum absolute atomic E-state index is 13.8. The molecule has 0 saturated heterocycles. The highest BCUT2D eigenvalue weighted by Crippen LogP contribution is 2.36. The van der Waals surface area contributed by atoms with Gasteiger partial charge in [-0.15, -0.1) is 0 Å². The Morgan fingerprint density at radius 3 is 1.35 bits per heavy atom. The second-order valence-corrected chi connectivity index (χ2v) is 14.6. The van der Waals surface area contributed by atoms with Crippen LogP contribution in [0.4, 0.5) is 8.78 Å². The summed E-state index contributed by atoms with van der Waals surface area (Å²) in [6.07, 6.45) is 7.26. The summed E-state index contributed by atoms with van der Waals surface area (Å²) in [6, 6.07) is 53.3. The van der Waals surface area contributed by atoms with E-state index in [0.29, 0.717) is 46.9 Å². The van der Waals surface area contributed by atoms with Gasteiger partial charge in [-0.25, -0.2) is 38.7 Å². The van der Waals surface area contributed by atoms with Crippen molar-refractivity contribution in [3.63, 3.8) is 0 Å². The molecule has 286 valence electrons. The minimum absolute atomic E-state index is 0.0622. The number of rotatable bonds is 8.